The Kier molecular flexibility index (Phi) is 4.84. The van der Waals surface area contributed by atoms with E-state index >= 15 is 0 Å². The Bertz CT molecular complexity index is 515. The van der Waals surface area contributed by atoms with Crippen LogP contribution in [0.2, 0.25) is 0 Å². The number of aliphatic hydroxyl groups is 1. The number of aliphatic hydroxyl groups excluding tert-OH is 1. The Morgan fingerprint density at radius 3 is 2.71 bits per heavy atom. The van der Waals surface area contributed by atoms with E-state index in [1.807, 2.05) is 20.9 Å². The number of aryl methyl sites for hydroxylation is 2. The lowest BCUT2D eigenvalue weighted by molar-refractivity contribution is -0.135. The van der Waals surface area contributed by atoms with E-state index in [2.05, 4.69) is 5.10 Å². The van der Waals surface area contributed by atoms with Gasteiger partial charge in [0.05, 0.1) is 24.4 Å². The third-order valence-electron chi connectivity index (χ3n) is 4.02. The molecule has 1 aliphatic heterocycles. The predicted octanol–water partition coefficient (Wildman–Crippen LogP) is 0.0239. The molecular formula is C14H23N3O4. The number of aromatic nitrogens is 2. The first kappa shape index (κ1) is 15.8. The molecule has 1 saturated heterocycles. The lowest BCUT2D eigenvalue weighted by Gasteiger charge is -2.22. The normalized spacial score (nSPS) is 21.9. The predicted molar refractivity (Wildman–Crippen MR) is 76.2 cm³/mol. The molecule has 2 atom stereocenters. The van der Waals surface area contributed by atoms with Crippen LogP contribution in [0.4, 0.5) is 0 Å². The maximum Gasteiger partial charge on any atom is 0.260 e. The van der Waals surface area contributed by atoms with Gasteiger partial charge in [-0.1, -0.05) is 0 Å². The molecule has 0 aliphatic carbocycles. The fourth-order valence-electron chi connectivity index (χ4n) is 2.70. The summed E-state index contributed by atoms with van der Waals surface area (Å²) in [6.07, 6.45) is 0.636. The van der Waals surface area contributed by atoms with Crippen LogP contribution in [0.5, 0.6) is 5.75 Å². The number of rotatable bonds is 5. The lowest BCUT2D eigenvalue weighted by atomic mass is 10.2. The van der Waals surface area contributed by atoms with Gasteiger partial charge in [-0.3, -0.25) is 9.48 Å². The Hall–Kier alpha value is -1.60. The lowest BCUT2D eigenvalue weighted by Crippen LogP contribution is -2.40. The molecule has 7 heteroatoms. The second-order valence-corrected chi connectivity index (χ2v) is 5.39. The number of likely N-dealkylation sites (tertiary alicyclic amines) is 1. The summed E-state index contributed by atoms with van der Waals surface area (Å²) in [7, 11) is 3.45. The molecule has 7 nitrogen and oxygen atoms in total. The number of carbonyl (C=O) groups is 1. The SMILES string of the molecule is CO[C@@H]1C[C@@H](CO)N(C(=O)COc2c(C)nn(C)c2C)C1. The van der Waals surface area contributed by atoms with Gasteiger partial charge in [-0.15, -0.1) is 0 Å². The quantitative estimate of drug-likeness (QED) is 0.829. The van der Waals surface area contributed by atoms with Crippen LogP contribution in [0.3, 0.4) is 0 Å². The van der Waals surface area contributed by atoms with E-state index in [0.717, 1.165) is 11.4 Å². The molecule has 0 aromatic carbocycles. The highest BCUT2D eigenvalue weighted by molar-refractivity contribution is 5.78. The first-order valence-electron chi connectivity index (χ1n) is 7.04. The topological polar surface area (TPSA) is 76.8 Å². The average Bonchev–Trinajstić information content (AvgIpc) is 2.99. The van der Waals surface area contributed by atoms with E-state index in [0.29, 0.717) is 18.7 Å². The first-order valence-corrected chi connectivity index (χ1v) is 7.04. The first-order chi connectivity index (χ1) is 9.97. The van der Waals surface area contributed by atoms with Gasteiger partial charge in [0.2, 0.25) is 0 Å². The van der Waals surface area contributed by atoms with E-state index in [9.17, 15) is 9.90 Å². The zero-order valence-corrected chi connectivity index (χ0v) is 13.0. The molecule has 1 aromatic rings. The molecule has 21 heavy (non-hydrogen) atoms. The molecule has 0 unspecified atom stereocenters. The molecule has 0 radical (unpaired) electrons. The van der Waals surface area contributed by atoms with Crippen molar-refractivity contribution >= 4 is 5.91 Å². The number of hydrogen-bond acceptors (Lipinski definition) is 5. The van der Waals surface area contributed by atoms with Crippen molar-refractivity contribution in [2.45, 2.75) is 32.4 Å². The maximum atomic E-state index is 12.3. The minimum absolute atomic E-state index is 0.0204. The van der Waals surface area contributed by atoms with E-state index in [1.165, 1.54) is 0 Å². The van der Waals surface area contributed by atoms with Gasteiger partial charge in [0.15, 0.2) is 12.4 Å². The molecule has 1 aromatic heterocycles. The maximum absolute atomic E-state index is 12.3. The molecule has 1 fully saturated rings. The monoisotopic (exact) mass is 297 g/mol. The van der Waals surface area contributed by atoms with E-state index in [4.69, 9.17) is 9.47 Å². The second kappa shape index (κ2) is 6.44. The molecule has 2 heterocycles. The number of carbonyl (C=O) groups excluding carboxylic acids is 1. The van der Waals surface area contributed by atoms with Crippen molar-refractivity contribution in [3.05, 3.63) is 11.4 Å². The minimum Gasteiger partial charge on any atom is -0.480 e. The zero-order valence-electron chi connectivity index (χ0n) is 13.0. The summed E-state index contributed by atoms with van der Waals surface area (Å²) in [5.41, 5.74) is 1.65. The standard InChI is InChI=1S/C14H23N3O4/c1-9-14(10(2)16(3)15-9)21-8-13(19)17-6-12(20-4)5-11(17)7-18/h11-12,18H,5-8H2,1-4H3/t11-,12+/m0/s1. The molecular weight excluding hydrogens is 274 g/mol. The Balaban J connectivity index is 1.98. The molecule has 1 aliphatic rings. The molecule has 1 amide bonds. The van der Waals surface area contributed by atoms with Gasteiger partial charge in [-0.25, -0.2) is 0 Å². The van der Waals surface area contributed by atoms with E-state index in [-0.39, 0.29) is 31.3 Å². The van der Waals surface area contributed by atoms with Crippen molar-refractivity contribution < 1.29 is 19.4 Å². The van der Waals surface area contributed by atoms with Crippen molar-refractivity contribution in [1.82, 2.24) is 14.7 Å². The van der Waals surface area contributed by atoms with Gasteiger partial charge in [0, 0.05) is 20.7 Å². The third kappa shape index (κ3) is 3.19. The summed E-state index contributed by atoms with van der Waals surface area (Å²) in [5, 5.41) is 13.6. The minimum atomic E-state index is -0.192. The molecule has 0 saturated carbocycles. The Morgan fingerprint density at radius 2 is 2.19 bits per heavy atom. The zero-order chi connectivity index (χ0) is 15.6. The van der Waals surface area contributed by atoms with Crippen LogP contribution >= 0.6 is 0 Å². The number of methoxy groups -OCH3 is 1. The van der Waals surface area contributed by atoms with E-state index < -0.39 is 0 Å². The number of nitrogens with zero attached hydrogens (tertiary/aromatic N) is 3. The van der Waals surface area contributed by atoms with Crippen molar-refractivity contribution in [1.29, 1.82) is 0 Å². The molecule has 1 N–H and O–H groups in total. The third-order valence-corrected chi connectivity index (χ3v) is 4.02. The number of hydrogen-bond donors (Lipinski definition) is 1. The van der Waals surface area contributed by atoms with Crippen LogP contribution in [0.25, 0.3) is 0 Å². The summed E-state index contributed by atoms with van der Waals surface area (Å²) in [5.74, 6) is 0.505. The largest absolute Gasteiger partial charge is 0.480 e. The summed E-state index contributed by atoms with van der Waals surface area (Å²) in [6.45, 7) is 4.12. The van der Waals surface area contributed by atoms with Crippen LogP contribution in [0, 0.1) is 13.8 Å². The summed E-state index contributed by atoms with van der Waals surface area (Å²) >= 11 is 0. The van der Waals surface area contributed by atoms with Crippen molar-refractivity contribution in [3.63, 3.8) is 0 Å². The molecule has 0 bridgehead atoms. The fraction of sp³-hybridized carbons (Fsp3) is 0.714. The Labute approximate surface area is 124 Å². The van der Waals surface area contributed by atoms with Crippen LogP contribution in [0.15, 0.2) is 0 Å². The van der Waals surface area contributed by atoms with E-state index in [1.54, 1.807) is 16.7 Å². The summed E-state index contributed by atoms with van der Waals surface area (Å²) in [4.78, 5) is 13.9. The smallest absolute Gasteiger partial charge is 0.260 e. The van der Waals surface area contributed by atoms with Gasteiger partial charge < -0.3 is 19.5 Å². The van der Waals surface area contributed by atoms with Crippen LogP contribution in [0.1, 0.15) is 17.8 Å². The Morgan fingerprint density at radius 1 is 1.48 bits per heavy atom. The van der Waals surface area contributed by atoms with Crippen LogP contribution < -0.4 is 4.74 Å². The molecule has 2 rings (SSSR count). The van der Waals surface area contributed by atoms with Crippen molar-refractivity contribution in [2.75, 3.05) is 26.9 Å². The highest BCUT2D eigenvalue weighted by Crippen LogP contribution is 2.23. The number of ether oxygens (including phenoxy) is 2. The summed E-state index contributed by atoms with van der Waals surface area (Å²) < 4.78 is 12.6. The van der Waals surface area contributed by atoms with Crippen LogP contribution in [-0.4, -0.2) is 64.7 Å². The van der Waals surface area contributed by atoms with Gasteiger partial charge in [-0.05, 0) is 20.3 Å². The fourth-order valence-corrected chi connectivity index (χ4v) is 2.70. The second-order valence-electron chi connectivity index (χ2n) is 5.39. The average molecular weight is 297 g/mol. The van der Waals surface area contributed by atoms with Gasteiger partial charge >= 0.3 is 0 Å². The van der Waals surface area contributed by atoms with Crippen molar-refractivity contribution in [2.24, 2.45) is 7.05 Å². The van der Waals surface area contributed by atoms with Gasteiger partial charge in [0.1, 0.15) is 5.69 Å². The number of amides is 1. The molecule has 0 spiro atoms. The van der Waals surface area contributed by atoms with Gasteiger partial charge in [-0.2, -0.15) is 5.10 Å². The highest BCUT2D eigenvalue weighted by atomic mass is 16.5. The molecule has 118 valence electrons. The highest BCUT2D eigenvalue weighted by Gasteiger charge is 2.35. The van der Waals surface area contributed by atoms with Crippen LogP contribution in [-0.2, 0) is 16.6 Å². The van der Waals surface area contributed by atoms with Crippen molar-refractivity contribution in [3.8, 4) is 5.75 Å². The van der Waals surface area contributed by atoms with Gasteiger partial charge in [0.25, 0.3) is 5.91 Å². The summed E-state index contributed by atoms with van der Waals surface area (Å²) in [6, 6.07) is -0.192.